The summed E-state index contributed by atoms with van der Waals surface area (Å²) in [6, 6.07) is 27.0. The first-order valence-electron chi connectivity index (χ1n) is 17.4. The fraction of sp³-hybridized carbons (Fsp3) is 0.310. The van der Waals surface area contributed by atoms with Gasteiger partial charge < -0.3 is 14.6 Å². The van der Waals surface area contributed by atoms with E-state index in [-0.39, 0.29) is 21.1 Å². The number of benzene rings is 4. The average molecular weight is 734 g/mol. The molecule has 4 aromatic carbocycles. The lowest BCUT2D eigenvalue weighted by atomic mass is 9.85. The van der Waals surface area contributed by atoms with Crippen molar-refractivity contribution in [2.24, 2.45) is 0 Å². The van der Waals surface area contributed by atoms with Gasteiger partial charge in [0.05, 0.1) is 27.3 Å². The number of carbonyl (C=O) groups is 2. The summed E-state index contributed by atoms with van der Waals surface area (Å²) in [5, 5.41) is 11.8. The second-order valence-corrected chi connectivity index (χ2v) is 18.2. The lowest BCUT2D eigenvalue weighted by molar-refractivity contribution is -0.140. The smallest absolute Gasteiger partial charge is 0.323 e. The molecule has 0 aliphatic carbocycles. The Hall–Kier alpha value is -4.05. The van der Waals surface area contributed by atoms with E-state index in [9.17, 15) is 14.7 Å². The molecule has 262 valence electrons. The van der Waals surface area contributed by atoms with E-state index in [4.69, 9.17) is 12.2 Å². The average Bonchev–Trinajstić information content (AvgIpc) is 3.53. The van der Waals surface area contributed by atoms with Gasteiger partial charge in [0.15, 0.2) is 0 Å². The number of thiocarbonyl (C=S) groups is 1. The van der Waals surface area contributed by atoms with E-state index in [0.29, 0.717) is 4.91 Å². The molecule has 0 saturated carbocycles. The molecular formula is C42H43N3O3S3. The number of aromatic nitrogens is 1. The standard InChI is InChI=1S/C42H43N3O3S3/c1-8-9-18-43-33-14-10-25(20-37-39(48)44(24-38(46)47)40(49)51-37)19-35(33)50-36-23-28(13-17-34(36)43)45-31-15-11-26(41(2,3)4)21-29(31)30-22-27(42(5,6)7)12-16-32(30)45/h10-17,19-23H,8-9,18,24H2,1-7H3,(H,46,47)/b37-20-. The molecule has 2 aliphatic rings. The van der Waals surface area contributed by atoms with Gasteiger partial charge in [0.25, 0.3) is 5.91 Å². The Labute approximate surface area is 313 Å². The number of hydrogen-bond donors (Lipinski definition) is 1. The number of nitrogens with zero attached hydrogens (tertiary/aromatic N) is 3. The van der Waals surface area contributed by atoms with E-state index in [1.165, 1.54) is 43.5 Å². The van der Waals surface area contributed by atoms with Gasteiger partial charge >= 0.3 is 5.97 Å². The van der Waals surface area contributed by atoms with Crippen LogP contribution in [0.25, 0.3) is 33.6 Å². The summed E-state index contributed by atoms with van der Waals surface area (Å²) in [6.45, 7) is 16.3. The van der Waals surface area contributed by atoms with E-state index < -0.39 is 12.5 Å². The molecule has 1 amide bonds. The van der Waals surface area contributed by atoms with Crippen LogP contribution >= 0.6 is 35.7 Å². The Morgan fingerprint density at radius 3 is 1.94 bits per heavy atom. The maximum absolute atomic E-state index is 13.0. The summed E-state index contributed by atoms with van der Waals surface area (Å²) >= 11 is 8.22. The largest absolute Gasteiger partial charge is 0.480 e. The van der Waals surface area contributed by atoms with Gasteiger partial charge in [0, 0.05) is 32.8 Å². The molecule has 0 spiro atoms. The number of thioether (sulfide) groups is 1. The van der Waals surface area contributed by atoms with E-state index >= 15 is 0 Å². The fourth-order valence-corrected chi connectivity index (χ4v) is 9.27. The second-order valence-electron chi connectivity index (χ2n) is 15.4. The monoisotopic (exact) mass is 733 g/mol. The van der Waals surface area contributed by atoms with Crippen LogP contribution in [0.3, 0.4) is 0 Å². The zero-order valence-corrected chi connectivity index (χ0v) is 32.6. The van der Waals surface area contributed by atoms with Crippen LogP contribution in [0.2, 0.25) is 0 Å². The van der Waals surface area contributed by atoms with Crippen LogP contribution in [-0.4, -0.2) is 43.9 Å². The zero-order valence-electron chi connectivity index (χ0n) is 30.2. The maximum Gasteiger partial charge on any atom is 0.323 e. The number of hydrogen-bond acceptors (Lipinski definition) is 6. The Morgan fingerprint density at radius 1 is 0.784 bits per heavy atom. The van der Waals surface area contributed by atoms with Gasteiger partial charge in [-0.25, -0.2) is 0 Å². The molecule has 5 aromatic rings. The van der Waals surface area contributed by atoms with Gasteiger partial charge in [-0.3, -0.25) is 14.5 Å². The van der Waals surface area contributed by atoms with Gasteiger partial charge in [0.2, 0.25) is 0 Å². The second kappa shape index (κ2) is 13.2. The molecule has 1 saturated heterocycles. The van der Waals surface area contributed by atoms with Crippen LogP contribution in [0.4, 0.5) is 11.4 Å². The normalized spacial score (nSPS) is 15.7. The summed E-state index contributed by atoms with van der Waals surface area (Å²) in [5.74, 6) is -1.46. The highest BCUT2D eigenvalue weighted by molar-refractivity contribution is 8.26. The van der Waals surface area contributed by atoms with Crippen molar-refractivity contribution < 1.29 is 14.7 Å². The molecular weight excluding hydrogens is 691 g/mol. The van der Waals surface area contributed by atoms with Gasteiger partial charge in [-0.15, -0.1) is 0 Å². The lowest BCUT2D eigenvalue weighted by Gasteiger charge is -2.33. The topological polar surface area (TPSA) is 65.8 Å². The van der Waals surface area contributed by atoms with Gasteiger partial charge in [-0.2, -0.15) is 0 Å². The third-order valence-corrected chi connectivity index (χ3v) is 12.2. The molecule has 2 aliphatic heterocycles. The number of aliphatic carboxylic acids is 1. The first-order valence-corrected chi connectivity index (χ1v) is 19.5. The van der Waals surface area contributed by atoms with Crippen molar-refractivity contribution in [3.63, 3.8) is 0 Å². The molecule has 1 aromatic heterocycles. The van der Waals surface area contributed by atoms with E-state index in [2.05, 4.69) is 125 Å². The van der Waals surface area contributed by atoms with Crippen LogP contribution < -0.4 is 4.90 Å². The first kappa shape index (κ1) is 35.4. The number of anilines is 2. The van der Waals surface area contributed by atoms with Crippen molar-refractivity contribution in [3.8, 4) is 5.69 Å². The number of carboxylic acid groups (broad SMARTS) is 1. The highest BCUT2D eigenvalue weighted by Gasteiger charge is 2.34. The van der Waals surface area contributed by atoms with Crippen molar-refractivity contribution in [2.75, 3.05) is 18.0 Å². The molecule has 0 radical (unpaired) electrons. The molecule has 0 atom stereocenters. The minimum Gasteiger partial charge on any atom is -0.480 e. The molecule has 51 heavy (non-hydrogen) atoms. The number of carboxylic acids is 1. The van der Waals surface area contributed by atoms with Crippen molar-refractivity contribution in [1.29, 1.82) is 0 Å². The van der Waals surface area contributed by atoms with Gasteiger partial charge in [-0.05, 0) is 94.6 Å². The Balaban J connectivity index is 1.33. The van der Waals surface area contributed by atoms with E-state index in [1.54, 1.807) is 11.8 Å². The third-order valence-electron chi connectivity index (χ3n) is 9.68. The molecule has 0 bridgehead atoms. The van der Waals surface area contributed by atoms with Crippen molar-refractivity contribution in [2.45, 2.75) is 81.9 Å². The summed E-state index contributed by atoms with van der Waals surface area (Å²) in [5.41, 5.74) is 9.41. The highest BCUT2D eigenvalue weighted by atomic mass is 32.2. The van der Waals surface area contributed by atoms with E-state index in [0.717, 1.165) is 57.9 Å². The minimum absolute atomic E-state index is 0.0321. The minimum atomic E-state index is -1.09. The summed E-state index contributed by atoms with van der Waals surface area (Å²) < 4.78 is 2.67. The van der Waals surface area contributed by atoms with E-state index in [1.807, 2.05) is 12.1 Å². The predicted molar refractivity (Wildman–Crippen MR) is 218 cm³/mol. The quantitative estimate of drug-likeness (QED) is 0.132. The fourth-order valence-electron chi connectivity index (χ4n) is 6.83. The molecule has 1 fully saturated rings. The summed E-state index contributed by atoms with van der Waals surface area (Å²) in [6.07, 6.45) is 3.95. The summed E-state index contributed by atoms with van der Waals surface area (Å²) in [7, 11) is 0. The van der Waals surface area contributed by atoms with Crippen LogP contribution in [0, 0.1) is 0 Å². The van der Waals surface area contributed by atoms with Crippen molar-refractivity contribution >= 4 is 91.2 Å². The van der Waals surface area contributed by atoms with Crippen molar-refractivity contribution in [1.82, 2.24) is 9.47 Å². The van der Waals surface area contributed by atoms with Crippen molar-refractivity contribution in [3.05, 3.63) is 94.4 Å². The molecule has 0 unspecified atom stereocenters. The first-order chi connectivity index (χ1) is 24.1. The van der Waals surface area contributed by atoms with Crippen LogP contribution in [0.1, 0.15) is 78.0 Å². The number of unbranched alkanes of at least 4 members (excludes halogenated alkanes) is 1. The molecule has 7 rings (SSSR count). The SMILES string of the molecule is CCCCN1c2ccc(/C=C3\SC(=S)N(CC(=O)O)C3=O)cc2Sc2cc(-n3c4ccc(C(C)(C)C)cc4c4cc(C(C)(C)C)ccc43)ccc21. The predicted octanol–water partition coefficient (Wildman–Crippen LogP) is 11.1. The third kappa shape index (κ3) is 6.60. The Kier molecular flexibility index (Phi) is 9.13. The number of amides is 1. The van der Waals surface area contributed by atoms with Crippen LogP contribution in [0.5, 0.6) is 0 Å². The lowest BCUT2D eigenvalue weighted by Crippen LogP contribution is -2.33. The van der Waals surface area contributed by atoms with Gasteiger partial charge in [-0.1, -0.05) is 109 Å². The zero-order chi connectivity index (χ0) is 36.4. The van der Waals surface area contributed by atoms with Crippen LogP contribution in [0.15, 0.2) is 87.5 Å². The number of rotatable bonds is 7. The molecule has 3 heterocycles. The number of carbonyl (C=O) groups excluding carboxylic acids is 1. The molecule has 1 N–H and O–H groups in total. The number of fused-ring (bicyclic) bond motifs is 5. The Morgan fingerprint density at radius 2 is 1.37 bits per heavy atom. The summed E-state index contributed by atoms with van der Waals surface area (Å²) in [4.78, 5) is 30.6. The molecule has 6 nitrogen and oxygen atoms in total. The van der Waals surface area contributed by atoms with Gasteiger partial charge in [0.1, 0.15) is 10.9 Å². The Bertz CT molecular complexity index is 2220. The maximum atomic E-state index is 13.0. The van der Waals surface area contributed by atoms with Crippen LogP contribution in [-0.2, 0) is 20.4 Å². The molecule has 9 heteroatoms. The highest BCUT2D eigenvalue weighted by Crippen LogP contribution is 2.50.